The Balaban J connectivity index is 2.12. The average molecular weight is 240 g/mol. The minimum absolute atomic E-state index is 0.198. The minimum atomic E-state index is -0.198. The van der Waals surface area contributed by atoms with Gasteiger partial charge in [0.2, 0.25) is 0 Å². The molecule has 0 aliphatic heterocycles. The van der Waals surface area contributed by atoms with Crippen molar-refractivity contribution in [2.45, 2.75) is 13.5 Å². The summed E-state index contributed by atoms with van der Waals surface area (Å²) in [7, 11) is 0. The molecule has 1 N–H and O–H groups in total. The van der Waals surface area contributed by atoms with E-state index in [1.54, 1.807) is 25.1 Å². The number of rotatable bonds is 3. The summed E-state index contributed by atoms with van der Waals surface area (Å²) in [6, 6.07) is 14.5. The van der Waals surface area contributed by atoms with Crippen molar-refractivity contribution in [3.05, 3.63) is 65.0 Å². The van der Waals surface area contributed by atoms with Gasteiger partial charge >= 0.3 is 0 Å². The summed E-state index contributed by atoms with van der Waals surface area (Å²) in [5.74, 6) is -0.198. The quantitative estimate of drug-likeness (QED) is 0.889. The normalized spacial score (nSPS) is 9.83. The van der Waals surface area contributed by atoms with Gasteiger partial charge in [0.1, 0.15) is 11.9 Å². The molecule has 90 valence electrons. The molecule has 0 radical (unpaired) electrons. The van der Waals surface area contributed by atoms with Crippen LogP contribution in [0.1, 0.15) is 16.7 Å². The fraction of sp³-hybridized carbons (Fsp3) is 0.133. The molecule has 2 nitrogen and oxygen atoms in total. The van der Waals surface area contributed by atoms with Gasteiger partial charge in [0.15, 0.2) is 0 Å². The number of benzene rings is 2. The lowest BCUT2D eigenvalue weighted by Crippen LogP contribution is -2.01. The molecule has 0 amide bonds. The van der Waals surface area contributed by atoms with E-state index in [0.29, 0.717) is 17.7 Å². The van der Waals surface area contributed by atoms with E-state index in [1.807, 2.05) is 18.2 Å². The van der Waals surface area contributed by atoms with Gasteiger partial charge < -0.3 is 5.32 Å². The molecule has 2 aromatic carbocycles. The highest BCUT2D eigenvalue weighted by Crippen LogP contribution is 2.16. The molecular formula is C15H13FN2. The number of hydrogen-bond acceptors (Lipinski definition) is 2. The van der Waals surface area contributed by atoms with Crippen molar-refractivity contribution in [2.75, 3.05) is 5.32 Å². The highest BCUT2D eigenvalue weighted by Gasteiger charge is 2.02. The molecule has 0 saturated heterocycles. The second kappa shape index (κ2) is 5.33. The zero-order valence-electron chi connectivity index (χ0n) is 10.1. The Morgan fingerprint density at radius 3 is 2.72 bits per heavy atom. The SMILES string of the molecule is Cc1cc(CNc2ccccc2C#N)ccc1F. The van der Waals surface area contributed by atoms with E-state index in [0.717, 1.165) is 11.3 Å². The first-order valence-corrected chi connectivity index (χ1v) is 5.69. The van der Waals surface area contributed by atoms with E-state index in [1.165, 1.54) is 6.07 Å². The highest BCUT2D eigenvalue weighted by atomic mass is 19.1. The zero-order valence-corrected chi connectivity index (χ0v) is 10.1. The molecule has 0 aromatic heterocycles. The second-order valence-electron chi connectivity index (χ2n) is 4.09. The third-order valence-electron chi connectivity index (χ3n) is 2.75. The number of nitrogens with one attached hydrogen (secondary N) is 1. The summed E-state index contributed by atoms with van der Waals surface area (Å²) >= 11 is 0. The molecule has 0 heterocycles. The van der Waals surface area contributed by atoms with Crippen molar-refractivity contribution in [1.82, 2.24) is 0 Å². The Bertz CT molecular complexity index is 600. The predicted octanol–water partition coefficient (Wildman–Crippen LogP) is 3.62. The summed E-state index contributed by atoms with van der Waals surface area (Å²) in [6.45, 7) is 2.31. The molecular weight excluding hydrogens is 227 g/mol. The predicted molar refractivity (Wildman–Crippen MR) is 69.6 cm³/mol. The lowest BCUT2D eigenvalue weighted by Gasteiger charge is -2.08. The number of aryl methyl sites for hydroxylation is 1. The number of hydrogen-bond donors (Lipinski definition) is 1. The smallest absolute Gasteiger partial charge is 0.126 e. The summed E-state index contributed by atoms with van der Waals surface area (Å²) < 4.78 is 13.1. The third kappa shape index (κ3) is 2.67. The van der Waals surface area contributed by atoms with Crippen LogP contribution in [0.5, 0.6) is 0 Å². The topological polar surface area (TPSA) is 35.8 Å². The monoisotopic (exact) mass is 240 g/mol. The summed E-state index contributed by atoms with van der Waals surface area (Å²) in [6.07, 6.45) is 0. The standard InChI is InChI=1S/C15H13FN2/c1-11-8-12(6-7-14(11)16)10-18-15-5-3-2-4-13(15)9-17/h2-8,18H,10H2,1H3. The lowest BCUT2D eigenvalue weighted by atomic mass is 10.1. The second-order valence-corrected chi connectivity index (χ2v) is 4.09. The summed E-state index contributed by atoms with van der Waals surface area (Å²) in [5.41, 5.74) is 3.02. The van der Waals surface area contributed by atoms with E-state index in [-0.39, 0.29) is 5.82 Å². The number of nitrogens with zero attached hydrogens (tertiary/aromatic N) is 1. The number of anilines is 1. The van der Waals surface area contributed by atoms with Crippen LogP contribution in [-0.4, -0.2) is 0 Å². The Kier molecular flexibility index (Phi) is 3.59. The average Bonchev–Trinajstić information content (AvgIpc) is 2.40. The van der Waals surface area contributed by atoms with Crippen LogP contribution in [0, 0.1) is 24.1 Å². The first-order valence-electron chi connectivity index (χ1n) is 5.69. The molecule has 3 heteroatoms. The van der Waals surface area contributed by atoms with E-state index in [2.05, 4.69) is 11.4 Å². The van der Waals surface area contributed by atoms with E-state index in [9.17, 15) is 4.39 Å². The molecule has 2 rings (SSSR count). The lowest BCUT2D eigenvalue weighted by molar-refractivity contribution is 0.617. The van der Waals surface area contributed by atoms with Crippen LogP contribution in [0.4, 0.5) is 10.1 Å². The fourth-order valence-corrected chi connectivity index (χ4v) is 1.75. The highest BCUT2D eigenvalue weighted by molar-refractivity contribution is 5.57. The van der Waals surface area contributed by atoms with Crippen LogP contribution < -0.4 is 5.32 Å². The molecule has 18 heavy (non-hydrogen) atoms. The maximum Gasteiger partial charge on any atom is 0.126 e. The van der Waals surface area contributed by atoms with E-state index < -0.39 is 0 Å². The number of para-hydroxylation sites is 1. The van der Waals surface area contributed by atoms with Crippen molar-refractivity contribution in [2.24, 2.45) is 0 Å². The fourth-order valence-electron chi connectivity index (χ4n) is 1.75. The zero-order chi connectivity index (χ0) is 13.0. The molecule has 0 aliphatic rings. The molecule has 0 aliphatic carbocycles. The van der Waals surface area contributed by atoms with E-state index in [4.69, 9.17) is 5.26 Å². The van der Waals surface area contributed by atoms with Crippen molar-refractivity contribution in [1.29, 1.82) is 5.26 Å². The van der Waals surface area contributed by atoms with Crippen molar-refractivity contribution < 1.29 is 4.39 Å². The first-order chi connectivity index (χ1) is 8.70. The van der Waals surface area contributed by atoms with Gasteiger partial charge in [-0.25, -0.2) is 4.39 Å². The van der Waals surface area contributed by atoms with Crippen LogP contribution in [0.2, 0.25) is 0 Å². The first kappa shape index (κ1) is 12.1. The Hall–Kier alpha value is -2.34. The van der Waals surface area contributed by atoms with Gasteiger partial charge in [-0.3, -0.25) is 0 Å². The minimum Gasteiger partial charge on any atom is -0.380 e. The van der Waals surface area contributed by atoms with Crippen LogP contribution in [-0.2, 0) is 6.54 Å². The molecule has 2 aromatic rings. The van der Waals surface area contributed by atoms with Crippen LogP contribution in [0.15, 0.2) is 42.5 Å². The van der Waals surface area contributed by atoms with Gasteiger partial charge in [0.05, 0.1) is 11.3 Å². The van der Waals surface area contributed by atoms with Gasteiger partial charge in [0, 0.05) is 6.54 Å². The number of halogens is 1. The molecule has 0 atom stereocenters. The third-order valence-corrected chi connectivity index (χ3v) is 2.75. The van der Waals surface area contributed by atoms with E-state index >= 15 is 0 Å². The summed E-state index contributed by atoms with van der Waals surface area (Å²) in [4.78, 5) is 0. The summed E-state index contributed by atoms with van der Waals surface area (Å²) in [5, 5.41) is 12.1. The molecule has 0 saturated carbocycles. The maximum absolute atomic E-state index is 13.1. The Morgan fingerprint density at radius 1 is 1.22 bits per heavy atom. The van der Waals surface area contributed by atoms with Gasteiger partial charge in [-0.05, 0) is 36.2 Å². The largest absolute Gasteiger partial charge is 0.380 e. The Morgan fingerprint density at radius 2 is 2.00 bits per heavy atom. The molecule has 0 fully saturated rings. The van der Waals surface area contributed by atoms with Gasteiger partial charge in [0.25, 0.3) is 0 Å². The van der Waals surface area contributed by atoms with Crippen molar-refractivity contribution in [3.8, 4) is 6.07 Å². The molecule has 0 spiro atoms. The van der Waals surface area contributed by atoms with Gasteiger partial charge in [-0.15, -0.1) is 0 Å². The van der Waals surface area contributed by atoms with Gasteiger partial charge in [-0.1, -0.05) is 24.3 Å². The number of nitriles is 1. The van der Waals surface area contributed by atoms with Crippen LogP contribution in [0.25, 0.3) is 0 Å². The van der Waals surface area contributed by atoms with Crippen LogP contribution in [0.3, 0.4) is 0 Å². The Labute approximate surface area is 106 Å². The molecule has 0 bridgehead atoms. The van der Waals surface area contributed by atoms with Crippen LogP contribution >= 0.6 is 0 Å². The maximum atomic E-state index is 13.1. The molecule has 0 unspecified atom stereocenters. The van der Waals surface area contributed by atoms with Gasteiger partial charge in [-0.2, -0.15) is 5.26 Å². The van der Waals surface area contributed by atoms with Crippen molar-refractivity contribution >= 4 is 5.69 Å². The van der Waals surface area contributed by atoms with Crippen molar-refractivity contribution in [3.63, 3.8) is 0 Å².